The highest BCUT2D eigenvalue weighted by Crippen LogP contribution is 2.27. The zero-order valence-electron chi connectivity index (χ0n) is 8.94. The summed E-state index contributed by atoms with van der Waals surface area (Å²) in [6, 6.07) is 7.21. The second kappa shape index (κ2) is 3.59. The van der Waals surface area contributed by atoms with Crippen molar-refractivity contribution in [3.63, 3.8) is 0 Å². The Balaban J connectivity index is 2.74. The van der Waals surface area contributed by atoms with Gasteiger partial charge in [-0.3, -0.25) is 0 Å². The minimum atomic E-state index is -0.487. The van der Waals surface area contributed by atoms with Crippen molar-refractivity contribution in [2.75, 3.05) is 0 Å². The molecule has 0 spiro atoms. The molecular formula is C12H15NO2. The number of benzene rings is 1. The van der Waals surface area contributed by atoms with Crippen LogP contribution in [0, 0.1) is 0 Å². The number of hydrogen-bond donors (Lipinski definition) is 2. The fraction of sp³-hybridized carbons (Fsp3) is 0.333. The Morgan fingerprint density at radius 3 is 2.67 bits per heavy atom. The van der Waals surface area contributed by atoms with E-state index >= 15 is 0 Å². The van der Waals surface area contributed by atoms with Crippen molar-refractivity contribution in [3.05, 3.63) is 30.0 Å². The van der Waals surface area contributed by atoms with E-state index in [4.69, 9.17) is 0 Å². The van der Waals surface area contributed by atoms with Crippen molar-refractivity contribution in [2.24, 2.45) is 0 Å². The summed E-state index contributed by atoms with van der Waals surface area (Å²) >= 11 is 0. The minimum Gasteiger partial charge on any atom is -0.508 e. The number of phenolic OH excluding ortho intramolecular Hbond substituents is 1. The molecule has 80 valence electrons. The van der Waals surface area contributed by atoms with Gasteiger partial charge in [0.25, 0.3) is 0 Å². The van der Waals surface area contributed by atoms with Gasteiger partial charge in [0.1, 0.15) is 5.75 Å². The van der Waals surface area contributed by atoms with Crippen LogP contribution in [0.3, 0.4) is 0 Å². The van der Waals surface area contributed by atoms with Crippen LogP contribution in [0.4, 0.5) is 0 Å². The van der Waals surface area contributed by atoms with Crippen LogP contribution >= 0.6 is 0 Å². The molecule has 0 saturated carbocycles. The van der Waals surface area contributed by atoms with Gasteiger partial charge in [0.05, 0.1) is 11.6 Å². The molecule has 3 heteroatoms. The number of aliphatic hydroxyl groups is 1. The topological polar surface area (TPSA) is 45.4 Å². The summed E-state index contributed by atoms with van der Waals surface area (Å²) in [5, 5.41) is 20.1. The van der Waals surface area contributed by atoms with E-state index in [1.54, 1.807) is 19.1 Å². The monoisotopic (exact) mass is 205 g/mol. The summed E-state index contributed by atoms with van der Waals surface area (Å²) in [5.41, 5.74) is 1.85. The van der Waals surface area contributed by atoms with Crippen LogP contribution in [0.15, 0.2) is 24.3 Å². The molecular weight excluding hydrogens is 190 g/mol. The van der Waals surface area contributed by atoms with Crippen LogP contribution in [0.2, 0.25) is 0 Å². The second-order valence-electron chi connectivity index (χ2n) is 3.73. The molecule has 3 nitrogen and oxygen atoms in total. The molecule has 1 atom stereocenters. The Kier molecular flexibility index (Phi) is 2.40. The van der Waals surface area contributed by atoms with E-state index in [1.165, 1.54) is 0 Å². The molecule has 1 aromatic heterocycles. The first-order valence-electron chi connectivity index (χ1n) is 5.13. The minimum absolute atomic E-state index is 0.257. The summed E-state index contributed by atoms with van der Waals surface area (Å²) < 4.78 is 2.01. The van der Waals surface area contributed by atoms with Crippen LogP contribution < -0.4 is 0 Å². The number of aryl methyl sites for hydroxylation is 1. The number of fused-ring (bicyclic) bond motifs is 1. The van der Waals surface area contributed by atoms with Crippen LogP contribution in [-0.2, 0) is 6.54 Å². The number of aromatic nitrogens is 1. The molecule has 0 aliphatic carbocycles. The van der Waals surface area contributed by atoms with Crippen molar-refractivity contribution in [1.82, 2.24) is 4.57 Å². The third-order valence-corrected chi connectivity index (χ3v) is 2.66. The zero-order chi connectivity index (χ0) is 11.0. The molecule has 0 saturated heterocycles. The Bertz CT molecular complexity index is 486. The van der Waals surface area contributed by atoms with Crippen molar-refractivity contribution in [3.8, 4) is 5.75 Å². The third kappa shape index (κ3) is 1.59. The average molecular weight is 205 g/mol. The average Bonchev–Trinajstić information content (AvgIpc) is 2.55. The van der Waals surface area contributed by atoms with Crippen LogP contribution in [0.5, 0.6) is 5.75 Å². The Hall–Kier alpha value is -1.48. The molecule has 1 heterocycles. The van der Waals surface area contributed by atoms with Gasteiger partial charge in [-0.2, -0.15) is 0 Å². The van der Waals surface area contributed by atoms with Gasteiger partial charge in [-0.25, -0.2) is 0 Å². The summed E-state index contributed by atoms with van der Waals surface area (Å²) in [6.07, 6.45) is -0.487. The van der Waals surface area contributed by atoms with Gasteiger partial charge in [0, 0.05) is 23.7 Å². The van der Waals surface area contributed by atoms with Gasteiger partial charge in [-0.15, -0.1) is 0 Å². The number of phenols is 1. The standard InChI is InChI=1S/C12H15NO2/c1-3-13-11(8(2)14)6-9-4-5-10(15)7-12(9)13/h4-8,14-15H,3H2,1-2H3. The highest BCUT2D eigenvalue weighted by Gasteiger charge is 2.11. The van der Waals surface area contributed by atoms with E-state index in [1.807, 2.05) is 23.6 Å². The summed E-state index contributed by atoms with van der Waals surface area (Å²) in [4.78, 5) is 0. The second-order valence-corrected chi connectivity index (χ2v) is 3.73. The van der Waals surface area contributed by atoms with Gasteiger partial charge in [0.15, 0.2) is 0 Å². The van der Waals surface area contributed by atoms with E-state index in [0.29, 0.717) is 0 Å². The molecule has 2 rings (SSSR count). The molecule has 2 N–H and O–H groups in total. The van der Waals surface area contributed by atoms with Crippen molar-refractivity contribution in [2.45, 2.75) is 26.5 Å². The third-order valence-electron chi connectivity index (χ3n) is 2.66. The number of aliphatic hydroxyl groups excluding tert-OH is 1. The zero-order valence-corrected chi connectivity index (χ0v) is 8.94. The lowest BCUT2D eigenvalue weighted by atomic mass is 10.2. The van der Waals surface area contributed by atoms with Crippen LogP contribution in [0.1, 0.15) is 25.6 Å². The maximum absolute atomic E-state index is 9.62. The van der Waals surface area contributed by atoms with Gasteiger partial charge in [0.2, 0.25) is 0 Å². The molecule has 0 aliphatic heterocycles. The predicted molar refractivity (Wildman–Crippen MR) is 59.9 cm³/mol. The molecule has 0 radical (unpaired) electrons. The normalized spacial score (nSPS) is 13.3. The summed E-state index contributed by atoms with van der Waals surface area (Å²) in [7, 11) is 0. The number of hydrogen-bond acceptors (Lipinski definition) is 2. The fourth-order valence-corrected chi connectivity index (χ4v) is 1.96. The molecule has 0 amide bonds. The summed E-state index contributed by atoms with van der Waals surface area (Å²) in [6.45, 7) is 4.56. The molecule has 0 fully saturated rings. The lowest BCUT2D eigenvalue weighted by Crippen LogP contribution is -2.03. The Labute approximate surface area is 88.6 Å². The number of nitrogens with zero attached hydrogens (tertiary/aromatic N) is 1. The molecule has 15 heavy (non-hydrogen) atoms. The quantitative estimate of drug-likeness (QED) is 0.790. The number of aromatic hydroxyl groups is 1. The van der Waals surface area contributed by atoms with E-state index in [9.17, 15) is 10.2 Å². The molecule has 0 aliphatic rings. The SMILES string of the molecule is CCn1c(C(C)O)cc2ccc(O)cc21. The molecule has 1 unspecified atom stereocenters. The predicted octanol–water partition coefficient (Wildman–Crippen LogP) is 2.42. The van der Waals surface area contributed by atoms with Gasteiger partial charge >= 0.3 is 0 Å². The lowest BCUT2D eigenvalue weighted by molar-refractivity contribution is 0.190. The van der Waals surface area contributed by atoms with E-state index in [0.717, 1.165) is 23.1 Å². The largest absolute Gasteiger partial charge is 0.508 e. The highest BCUT2D eigenvalue weighted by molar-refractivity contribution is 5.82. The van der Waals surface area contributed by atoms with E-state index in [2.05, 4.69) is 0 Å². The Morgan fingerprint density at radius 2 is 2.07 bits per heavy atom. The van der Waals surface area contributed by atoms with Gasteiger partial charge in [-0.05, 0) is 32.0 Å². The first kappa shape index (κ1) is 10.1. The number of rotatable bonds is 2. The van der Waals surface area contributed by atoms with Crippen LogP contribution in [0.25, 0.3) is 10.9 Å². The van der Waals surface area contributed by atoms with Gasteiger partial charge in [-0.1, -0.05) is 0 Å². The first-order chi connectivity index (χ1) is 7.13. The van der Waals surface area contributed by atoms with Crippen molar-refractivity contribution >= 4 is 10.9 Å². The smallest absolute Gasteiger partial charge is 0.117 e. The van der Waals surface area contributed by atoms with Crippen molar-refractivity contribution in [1.29, 1.82) is 0 Å². The molecule has 1 aromatic carbocycles. The highest BCUT2D eigenvalue weighted by atomic mass is 16.3. The Morgan fingerprint density at radius 1 is 1.33 bits per heavy atom. The maximum Gasteiger partial charge on any atom is 0.117 e. The molecule has 0 bridgehead atoms. The fourth-order valence-electron chi connectivity index (χ4n) is 1.96. The summed E-state index contributed by atoms with van der Waals surface area (Å²) in [5.74, 6) is 0.257. The first-order valence-corrected chi connectivity index (χ1v) is 5.13. The van der Waals surface area contributed by atoms with Crippen LogP contribution in [-0.4, -0.2) is 14.8 Å². The van der Waals surface area contributed by atoms with E-state index in [-0.39, 0.29) is 5.75 Å². The van der Waals surface area contributed by atoms with E-state index < -0.39 is 6.10 Å². The molecule has 2 aromatic rings. The van der Waals surface area contributed by atoms with Gasteiger partial charge < -0.3 is 14.8 Å². The van der Waals surface area contributed by atoms with Crippen molar-refractivity contribution < 1.29 is 10.2 Å². The lowest BCUT2D eigenvalue weighted by Gasteiger charge is -2.09. The maximum atomic E-state index is 9.62.